The fourth-order valence-electron chi connectivity index (χ4n) is 3.93. The maximum Gasteiger partial charge on any atom is 0.318 e. The van der Waals surface area contributed by atoms with Gasteiger partial charge in [0.15, 0.2) is 0 Å². The number of hydrogen-bond donors (Lipinski definition) is 1. The molecule has 3 amide bonds. The molecule has 2 atom stereocenters. The van der Waals surface area contributed by atoms with Crippen LogP contribution in [0.2, 0.25) is 0 Å². The number of carbonyl (C=O) groups excluding carboxylic acids is 2. The SMILES string of the molecule is O=C1[C@H]2C[C@H](CCN2C(=O)NC2CCC2)CN1Cc1ccccn1. The minimum absolute atomic E-state index is 0.0591. The van der Waals surface area contributed by atoms with Crippen molar-refractivity contribution < 1.29 is 9.59 Å². The fourth-order valence-corrected chi connectivity index (χ4v) is 3.93. The molecule has 0 unspecified atom stereocenters. The summed E-state index contributed by atoms with van der Waals surface area (Å²) in [6.07, 6.45) is 6.84. The Morgan fingerprint density at radius 2 is 2.17 bits per heavy atom. The zero-order chi connectivity index (χ0) is 16.5. The number of urea groups is 1. The molecule has 24 heavy (non-hydrogen) atoms. The molecule has 2 bridgehead atoms. The lowest BCUT2D eigenvalue weighted by molar-refractivity contribution is -0.144. The van der Waals surface area contributed by atoms with Crippen LogP contribution in [0.25, 0.3) is 0 Å². The Morgan fingerprint density at radius 3 is 2.88 bits per heavy atom. The number of hydrogen-bond acceptors (Lipinski definition) is 3. The molecule has 6 heteroatoms. The molecular weight excluding hydrogens is 304 g/mol. The first kappa shape index (κ1) is 15.4. The Labute approximate surface area is 142 Å². The van der Waals surface area contributed by atoms with E-state index in [0.29, 0.717) is 25.0 Å². The van der Waals surface area contributed by atoms with Gasteiger partial charge in [-0.15, -0.1) is 0 Å². The highest BCUT2D eigenvalue weighted by Crippen LogP contribution is 2.31. The maximum absolute atomic E-state index is 12.9. The van der Waals surface area contributed by atoms with Crippen molar-refractivity contribution in [2.75, 3.05) is 13.1 Å². The van der Waals surface area contributed by atoms with E-state index >= 15 is 0 Å². The van der Waals surface area contributed by atoms with Gasteiger partial charge in [0, 0.05) is 25.3 Å². The standard InChI is InChI=1S/C18H24N4O2/c23-17-16-10-13(11-21(17)12-15-4-1-2-8-19-15)7-9-22(16)18(24)20-14-5-3-6-14/h1-2,4,8,13-14,16H,3,5-7,9-12H2,(H,20,24)/t13-,16+/m0/s1. The average Bonchev–Trinajstić information content (AvgIpc) is 2.56. The summed E-state index contributed by atoms with van der Waals surface area (Å²) < 4.78 is 0. The number of pyridine rings is 1. The molecule has 3 aliphatic rings. The van der Waals surface area contributed by atoms with Crippen LogP contribution in [-0.4, -0.2) is 51.9 Å². The van der Waals surface area contributed by atoms with Crippen molar-refractivity contribution in [3.8, 4) is 0 Å². The Bertz CT molecular complexity index is 617. The number of amides is 3. The predicted octanol–water partition coefficient (Wildman–Crippen LogP) is 1.77. The van der Waals surface area contributed by atoms with Crippen molar-refractivity contribution >= 4 is 11.9 Å². The quantitative estimate of drug-likeness (QED) is 0.919. The molecule has 3 fully saturated rings. The van der Waals surface area contributed by atoms with Crippen LogP contribution in [-0.2, 0) is 11.3 Å². The molecule has 4 rings (SSSR count). The van der Waals surface area contributed by atoms with Gasteiger partial charge >= 0.3 is 6.03 Å². The maximum atomic E-state index is 12.9. The van der Waals surface area contributed by atoms with Gasteiger partial charge in [-0.25, -0.2) is 4.79 Å². The van der Waals surface area contributed by atoms with Crippen LogP contribution in [0.1, 0.15) is 37.8 Å². The van der Waals surface area contributed by atoms with Crippen molar-refractivity contribution in [1.29, 1.82) is 0 Å². The molecule has 2 aliphatic heterocycles. The van der Waals surface area contributed by atoms with E-state index in [1.54, 1.807) is 11.1 Å². The zero-order valence-corrected chi connectivity index (χ0v) is 13.9. The highest BCUT2D eigenvalue weighted by atomic mass is 16.2. The average molecular weight is 328 g/mol. The van der Waals surface area contributed by atoms with Gasteiger partial charge in [0.2, 0.25) is 5.91 Å². The van der Waals surface area contributed by atoms with Crippen LogP contribution in [0.4, 0.5) is 4.79 Å². The van der Waals surface area contributed by atoms with Crippen molar-refractivity contribution in [2.24, 2.45) is 5.92 Å². The topological polar surface area (TPSA) is 65.5 Å². The molecule has 1 aliphatic carbocycles. The van der Waals surface area contributed by atoms with Gasteiger partial charge in [-0.05, 0) is 50.2 Å². The van der Waals surface area contributed by atoms with Crippen LogP contribution in [0.5, 0.6) is 0 Å². The van der Waals surface area contributed by atoms with Crippen LogP contribution in [0, 0.1) is 5.92 Å². The summed E-state index contributed by atoms with van der Waals surface area (Å²) in [6, 6.07) is 5.70. The zero-order valence-electron chi connectivity index (χ0n) is 13.9. The summed E-state index contributed by atoms with van der Waals surface area (Å²) in [7, 11) is 0. The third-order valence-corrected chi connectivity index (χ3v) is 5.56. The van der Waals surface area contributed by atoms with Gasteiger partial charge in [-0.3, -0.25) is 9.78 Å². The molecule has 0 radical (unpaired) electrons. The molecular formula is C18H24N4O2. The van der Waals surface area contributed by atoms with E-state index in [2.05, 4.69) is 10.3 Å². The van der Waals surface area contributed by atoms with Gasteiger partial charge in [0.1, 0.15) is 6.04 Å². The first-order chi connectivity index (χ1) is 11.7. The van der Waals surface area contributed by atoms with Gasteiger partial charge in [0.25, 0.3) is 0 Å². The third kappa shape index (κ3) is 2.97. The number of piperidine rings is 2. The van der Waals surface area contributed by atoms with Crippen molar-refractivity contribution in [1.82, 2.24) is 20.1 Å². The summed E-state index contributed by atoms with van der Waals surface area (Å²) in [5, 5.41) is 3.08. The second-order valence-electron chi connectivity index (χ2n) is 7.22. The third-order valence-electron chi connectivity index (χ3n) is 5.56. The number of nitrogens with zero attached hydrogens (tertiary/aromatic N) is 3. The van der Waals surface area contributed by atoms with Crippen molar-refractivity contribution in [2.45, 2.75) is 50.7 Å². The van der Waals surface area contributed by atoms with E-state index in [0.717, 1.165) is 37.9 Å². The summed E-state index contributed by atoms with van der Waals surface area (Å²) >= 11 is 0. The molecule has 0 aromatic carbocycles. The van der Waals surface area contributed by atoms with E-state index in [-0.39, 0.29) is 18.0 Å². The molecule has 1 N–H and O–H groups in total. The second kappa shape index (κ2) is 6.42. The molecule has 2 saturated heterocycles. The normalized spacial score (nSPS) is 26.9. The van der Waals surface area contributed by atoms with Crippen molar-refractivity contribution in [3.63, 3.8) is 0 Å². The van der Waals surface area contributed by atoms with E-state index in [1.165, 1.54) is 6.42 Å². The first-order valence-corrected chi connectivity index (χ1v) is 8.96. The Hall–Kier alpha value is -2.11. The summed E-state index contributed by atoms with van der Waals surface area (Å²) in [6.45, 7) is 2.01. The number of likely N-dealkylation sites (tertiary alicyclic amines) is 2. The number of carbonyl (C=O) groups is 2. The molecule has 1 aromatic heterocycles. The first-order valence-electron chi connectivity index (χ1n) is 8.96. The minimum atomic E-state index is -0.304. The van der Waals surface area contributed by atoms with Gasteiger partial charge in [0.05, 0.1) is 12.2 Å². The number of nitrogens with one attached hydrogen (secondary N) is 1. The number of rotatable bonds is 3. The minimum Gasteiger partial charge on any atom is -0.335 e. The van der Waals surface area contributed by atoms with E-state index in [9.17, 15) is 9.59 Å². The lowest BCUT2D eigenvalue weighted by Gasteiger charge is -2.46. The lowest BCUT2D eigenvalue weighted by Crippen LogP contribution is -2.62. The van der Waals surface area contributed by atoms with E-state index in [4.69, 9.17) is 0 Å². The lowest BCUT2D eigenvalue weighted by atomic mass is 9.86. The Kier molecular flexibility index (Phi) is 4.12. The Morgan fingerprint density at radius 1 is 1.29 bits per heavy atom. The molecule has 1 aromatic rings. The highest BCUT2D eigenvalue weighted by Gasteiger charge is 2.43. The van der Waals surface area contributed by atoms with Gasteiger partial charge < -0.3 is 15.1 Å². The Balaban J connectivity index is 1.45. The van der Waals surface area contributed by atoms with Crippen LogP contribution >= 0.6 is 0 Å². The van der Waals surface area contributed by atoms with Crippen molar-refractivity contribution in [3.05, 3.63) is 30.1 Å². The van der Waals surface area contributed by atoms with E-state index < -0.39 is 0 Å². The predicted molar refractivity (Wildman–Crippen MR) is 89.0 cm³/mol. The molecule has 128 valence electrons. The second-order valence-corrected chi connectivity index (χ2v) is 7.22. The van der Waals surface area contributed by atoms with Gasteiger partial charge in [-0.1, -0.05) is 6.07 Å². The summed E-state index contributed by atoms with van der Waals surface area (Å²) in [5.41, 5.74) is 0.899. The largest absolute Gasteiger partial charge is 0.335 e. The summed E-state index contributed by atoms with van der Waals surface area (Å²) in [5.74, 6) is 0.560. The van der Waals surface area contributed by atoms with Crippen LogP contribution in [0.3, 0.4) is 0 Å². The smallest absolute Gasteiger partial charge is 0.318 e. The molecule has 3 heterocycles. The number of fused-ring (bicyclic) bond motifs is 2. The monoisotopic (exact) mass is 328 g/mol. The number of aromatic nitrogens is 1. The molecule has 6 nitrogen and oxygen atoms in total. The molecule has 0 spiro atoms. The van der Waals surface area contributed by atoms with Crippen LogP contribution in [0.15, 0.2) is 24.4 Å². The van der Waals surface area contributed by atoms with Crippen LogP contribution < -0.4 is 5.32 Å². The molecule has 1 saturated carbocycles. The fraction of sp³-hybridized carbons (Fsp3) is 0.611. The summed E-state index contributed by atoms with van der Waals surface area (Å²) in [4.78, 5) is 33.4. The van der Waals surface area contributed by atoms with E-state index in [1.807, 2.05) is 23.1 Å². The van der Waals surface area contributed by atoms with Gasteiger partial charge in [-0.2, -0.15) is 0 Å². The highest BCUT2D eigenvalue weighted by molar-refractivity contribution is 5.88.